The lowest BCUT2D eigenvalue weighted by molar-refractivity contribution is 0.0694. The minimum atomic E-state index is -2.87. The summed E-state index contributed by atoms with van der Waals surface area (Å²) in [5, 5.41) is 9.87. The molecule has 3 rings (SSSR count). The van der Waals surface area contributed by atoms with Crippen LogP contribution in [0.2, 0.25) is 0 Å². The largest absolute Gasteiger partial charge is 0.478 e. The van der Waals surface area contributed by atoms with Crippen molar-refractivity contribution in [1.82, 2.24) is 0 Å². The molecule has 2 aromatic carbocycles. The van der Waals surface area contributed by atoms with Gasteiger partial charge < -0.3 is 5.11 Å². The zero-order chi connectivity index (χ0) is 26.8. The van der Waals surface area contributed by atoms with Crippen LogP contribution in [0.5, 0.6) is 0 Å². The molecule has 1 N–H and O–H groups in total. The summed E-state index contributed by atoms with van der Waals surface area (Å²) in [5.74, 6) is -6.00. The minimum Gasteiger partial charge on any atom is -0.478 e. The van der Waals surface area contributed by atoms with Crippen LogP contribution in [0.15, 0.2) is 35.2 Å². The lowest BCUT2D eigenvalue weighted by atomic mass is 9.74. The Hall–Kier alpha value is -2.02. The van der Waals surface area contributed by atoms with Gasteiger partial charge in [-0.1, -0.05) is 94.7 Å². The number of unbranched alkanes of at least 4 members (excludes halogenated alkanes) is 7. The van der Waals surface area contributed by atoms with Crippen LogP contribution in [-0.4, -0.2) is 16.8 Å². The van der Waals surface area contributed by atoms with Crippen molar-refractivity contribution >= 4 is 17.7 Å². The monoisotopic (exact) mass is 538 g/mol. The molecule has 0 heterocycles. The van der Waals surface area contributed by atoms with Crippen LogP contribution in [0.4, 0.5) is 17.6 Å². The van der Waals surface area contributed by atoms with Gasteiger partial charge in [0.05, 0.1) is 10.5 Å². The summed E-state index contributed by atoms with van der Waals surface area (Å²) in [6.07, 6.45) is 15.0. The first kappa shape index (κ1) is 29.5. The van der Waals surface area contributed by atoms with Crippen LogP contribution in [-0.2, 0) is 0 Å². The number of hydrogen-bond donors (Lipinski definition) is 1. The van der Waals surface area contributed by atoms with E-state index in [1.54, 1.807) is 6.07 Å². The third-order valence-electron chi connectivity index (χ3n) is 7.61. The van der Waals surface area contributed by atoms with E-state index >= 15 is 4.39 Å². The van der Waals surface area contributed by atoms with Crippen molar-refractivity contribution in [3.05, 3.63) is 53.1 Å². The molecule has 0 spiro atoms. The molecule has 1 aliphatic rings. The normalized spacial score (nSPS) is 17.9. The number of halogens is 4. The second-order valence-corrected chi connectivity index (χ2v) is 11.2. The predicted octanol–water partition coefficient (Wildman–Crippen LogP) is 10.4. The molecule has 0 aromatic heterocycles. The number of carbonyl (C=O) groups is 1. The fourth-order valence-corrected chi connectivity index (χ4v) is 6.19. The molecule has 37 heavy (non-hydrogen) atoms. The summed E-state index contributed by atoms with van der Waals surface area (Å²) in [5.41, 5.74) is 0.856. The van der Waals surface area contributed by atoms with Crippen LogP contribution < -0.4 is 0 Å². The first-order chi connectivity index (χ1) is 17.8. The summed E-state index contributed by atoms with van der Waals surface area (Å²) in [7, 11) is 0. The van der Waals surface area contributed by atoms with E-state index in [-0.39, 0.29) is 28.8 Å². The molecule has 1 fully saturated rings. The number of aromatic carboxylic acids is 1. The van der Waals surface area contributed by atoms with Crippen molar-refractivity contribution < 1.29 is 27.5 Å². The SMILES string of the molecule is CCCCCCCCCCC1CCC(c2c(C(=O)O)cccc2-c2ccc(SC(F)F)c(F)c2F)CC1. The standard InChI is InChI=1S/C30H38F4O2S/c1-2-3-4-5-6-7-8-9-11-20-14-16-21(17-15-20)26-22(12-10-13-24(26)29(35)36)23-18-19-25(37-30(33)34)28(32)27(23)31/h10,12-13,18-21,30H,2-9,11,14-17H2,1H3,(H,35,36). The Bertz CT molecular complexity index is 1020. The van der Waals surface area contributed by atoms with Crippen molar-refractivity contribution in [2.45, 2.75) is 107 Å². The molecule has 1 aliphatic carbocycles. The number of carboxylic acid groups (broad SMARTS) is 1. The highest BCUT2D eigenvalue weighted by atomic mass is 32.2. The quantitative estimate of drug-likeness (QED) is 0.148. The lowest BCUT2D eigenvalue weighted by Crippen LogP contribution is -2.17. The van der Waals surface area contributed by atoms with E-state index < -0.39 is 28.3 Å². The lowest BCUT2D eigenvalue weighted by Gasteiger charge is -2.31. The van der Waals surface area contributed by atoms with Crippen molar-refractivity contribution in [1.29, 1.82) is 0 Å². The van der Waals surface area contributed by atoms with Crippen LogP contribution in [0.3, 0.4) is 0 Å². The number of rotatable bonds is 14. The smallest absolute Gasteiger partial charge is 0.335 e. The Kier molecular flexibility index (Phi) is 11.8. The molecule has 0 aliphatic heterocycles. The molecular weight excluding hydrogens is 500 g/mol. The van der Waals surface area contributed by atoms with Crippen molar-refractivity contribution in [2.75, 3.05) is 0 Å². The highest BCUT2D eigenvalue weighted by Gasteiger charge is 2.29. The van der Waals surface area contributed by atoms with E-state index in [1.807, 2.05) is 0 Å². The number of hydrogen-bond acceptors (Lipinski definition) is 2. The summed E-state index contributed by atoms with van der Waals surface area (Å²) in [6.45, 7) is 2.23. The maximum absolute atomic E-state index is 15.0. The van der Waals surface area contributed by atoms with Crippen LogP contribution in [0, 0.1) is 17.6 Å². The third kappa shape index (κ3) is 8.23. The summed E-state index contributed by atoms with van der Waals surface area (Å²) >= 11 is -0.0453. The summed E-state index contributed by atoms with van der Waals surface area (Å²) in [6, 6.07) is 7.05. The second kappa shape index (κ2) is 14.8. The maximum atomic E-state index is 15.0. The maximum Gasteiger partial charge on any atom is 0.335 e. The van der Waals surface area contributed by atoms with Gasteiger partial charge in [0.15, 0.2) is 11.6 Å². The highest BCUT2D eigenvalue weighted by molar-refractivity contribution is 7.99. The van der Waals surface area contributed by atoms with Gasteiger partial charge in [0.2, 0.25) is 0 Å². The zero-order valence-corrected chi connectivity index (χ0v) is 22.4. The Labute approximate surface area is 222 Å². The van der Waals surface area contributed by atoms with Crippen LogP contribution in [0.1, 0.15) is 112 Å². The Morgan fingerprint density at radius 3 is 2.16 bits per heavy atom. The van der Waals surface area contributed by atoms with Gasteiger partial charge in [-0.25, -0.2) is 13.6 Å². The topological polar surface area (TPSA) is 37.3 Å². The molecular formula is C30H38F4O2S. The van der Waals surface area contributed by atoms with Crippen molar-refractivity contribution in [3.8, 4) is 11.1 Å². The molecule has 0 bridgehead atoms. The zero-order valence-electron chi connectivity index (χ0n) is 21.6. The first-order valence-corrected chi connectivity index (χ1v) is 14.5. The van der Waals surface area contributed by atoms with E-state index in [0.29, 0.717) is 17.0 Å². The second-order valence-electron chi connectivity index (χ2n) is 10.2. The number of alkyl halides is 2. The van der Waals surface area contributed by atoms with Crippen molar-refractivity contribution in [2.24, 2.45) is 5.92 Å². The van der Waals surface area contributed by atoms with Gasteiger partial charge in [0, 0.05) is 5.56 Å². The van der Waals surface area contributed by atoms with E-state index in [9.17, 15) is 23.1 Å². The van der Waals surface area contributed by atoms with Gasteiger partial charge in [-0.3, -0.25) is 0 Å². The Balaban J connectivity index is 1.69. The molecule has 7 heteroatoms. The van der Waals surface area contributed by atoms with Crippen LogP contribution >= 0.6 is 11.8 Å². The van der Waals surface area contributed by atoms with Gasteiger partial charge in [0.1, 0.15) is 0 Å². The van der Waals surface area contributed by atoms with Gasteiger partial charge in [0.25, 0.3) is 5.76 Å². The average molecular weight is 539 g/mol. The number of thioether (sulfide) groups is 1. The molecule has 0 radical (unpaired) electrons. The number of benzene rings is 2. The van der Waals surface area contributed by atoms with Crippen LogP contribution in [0.25, 0.3) is 11.1 Å². The van der Waals surface area contributed by atoms with Gasteiger partial charge in [-0.15, -0.1) is 0 Å². The predicted molar refractivity (Wildman–Crippen MR) is 143 cm³/mol. The van der Waals surface area contributed by atoms with E-state index in [4.69, 9.17) is 0 Å². The summed E-state index contributed by atoms with van der Waals surface area (Å²) in [4.78, 5) is 11.6. The molecule has 2 aromatic rings. The average Bonchev–Trinajstić information content (AvgIpc) is 2.88. The van der Waals surface area contributed by atoms with Crippen molar-refractivity contribution in [3.63, 3.8) is 0 Å². The Morgan fingerprint density at radius 2 is 1.54 bits per heavy atom. The molecule has 0 unspecified atom stereocenters. The summed E-state index contributed by atoms with van der Waals surface area (Å²) < 4.78 is 55.1. The van der Waals surface area contributed by atoms with Gasteiger partial charge in [-0.2, -0.15) is 8.78 Å². The molecule has 204 valence electrons. The van der Waals surface area contributed by atoms with E-state index in [2.05, 4.69) is 6.92 Å². The molecule has 0 atom stereocenters. The Morgan fingerprint density at radius 1 is 0.892 bits per heavy atom. The van der Waals surface area contributed by atoms with Gasteiger partial charge >= 0.3 is 5.97 Å². The fraction of sp³-hybridized carbons (Fsp3) is 0.567. The fourth-order valence-electron chi connectivity index (χ4n) is 5.66. The number of carboxylic acids is 1. The van der Waals surface area contributed by atoms with E-state index in [0.717, 1.165) is 31.7 Å². The first-order valence-electron chi connectivity index (χ1n) is 13.6. The molecule has 1 saturated carbocycles. The minimum absolute atomic E-state index is 0.0453. The molecule has 0 amide bonds. The van der Waals surface area contributed by atoms with E-state index in [1.165, 1.54) is 76.0 Å². The molecule has 2 nitrogen and oxygen atoms in total. The highest BCUT2D eigenvalue weighted by Crippen LogP contribution is 2.44. The third-order valence-corrected chi connectivity index (χ3v) is 8.36. The molecule has 0 saturated heterocycles. The van der Waals surface area contributed by atoms with Gasteiger partial charge in [-0.05, 0) is 60.8 Å².